The molecule has 0 radical (unpaired) electrons. The van der Waals surface area contributed by atoms with Crippen LogP contribution in [0.25, 0.3) is 0 Å². The summed E-state index contributed by atoms with van der Waals surface area (Å²) in [4.78, 5) is 25.5. The van der Waals surface area contributed by atoms with E-state index < -0.39 is 0 Å². The van der Waals surface area contributed by atoms with Gasteiger partial charge in [-0.15, -0.1) is 0 Å². The highest BCUT2D eigenvalue weighted by Crippen LogP contribution is 2.12. The molecule has 0 aliphatic heterocycles. The lowest BCUT2D eigenvalue weighted by molar-refractivity contribution is 0.0827. The van der Waals surface area contributed by atoms with E-state index in [0.717, 1.165) is 5.56 Å². The van der Waals surface area contributed by atoms with Crippen molar-refractivity contribution in [1.29, 1.82) is 0 Å². The van der Waals surface area contributed by atoms with Gasteiger partial charge in [0.05, 0.1) is 0 Å². The van der Waals surface area contributed by atoms with Crippen LogP contribution in [-0.4, -0.2) is 37.4 Å². The molecule has 130 valence electrons. The van der Waals surface area contributed by atoms with Gasteiger partial charge in [0.25, 0.3) is 11.8 Å². The van der Waals surface area contributed by atoms with E-state index in [2.05, 4.69) is 11.9 Å². The van der Waals surface area contributed by atoms with Crippen molar-refractivity contribution >= 4 is 11.8 Å². The average molecular weight is 338 g/mol. The molecule has 1 N–H and O–H groups in total. The van der Waals surface area contributed by atoms with Gasteiger partial charge in [0.2, 0.25) is 0 Å². The molecular formula is C20H22N2O3. The lowest BCUT2D eigenvalue weighted by Crippen LogP contribution is -2.23. The zero-order chi connectivity index (χ0) is 18.2. The minimum Gasteiger partial charge on any atom is -0.490 e. The van der Waals surface area contributed by atoms with Crippen LogP contribution in [0.5, 0.6) is 5.75 Å². The van der Waals surface area contributed by atoms with Gasteiger partial charge in [-0.25, -0.2) is 0 Å². The summed E-state index contributed by atoms with van der Waals surface area (Å²) < 4.78 is 5.39. The summed E-state index contributed by atoms with van der Waals surface area (Å²) in [6.45, 7) is 4.41. The van der Waals surface area contributed by atoms with E-state index in [1.165, 1.54) is 4.90 Å². The highest BCUT2D eigenvalue weighted by Gasteiger charge is 2.08. The Morgan fingerprint density at radius 1 is 1.04 bits per heavy atom. The maximum absolute atomic E-state index is 12.2. The monoisotopic (exact) mass is 338 g/mol. The SMILES string of the molecule is C=CCOc1ccc(C(=O)NCc2ccc(C(=O)N(C)C)cc2)cc1. The van der Waals surface area contributed by atoms with Crippen LogP contribution in [0.3, 0.4) is 0 Å². The summed E-state index contributed by atoms with van der Waals surface area (Å²) in [5.74, 6) is 0.482. The molecule has 0 fully saturated rings. The van der Waals surface area contributed by atoms with Crippen LogP contribution in [0.1, 0.15) is 26.3 Å². The summed E-state index contributed by atoms with van der Waals surface area (Å²) in [5.41, 5.74) is 2.11. The van der Waals surface area contributed by atoms with Crippen LogP contribution in [-0.2, 0) is 6.54 Å². The topological polar surface area (TPSA) is 58.6 Å². The fourth-order valence-electron chi connectivity index (χ4n) is 2.17. The molecule has 0 spiro atoms. The lowest BCUT2D eigenvalue weighted by atomic mass is 10.1. The number of amides is 2. The van der Waals surface area contributed by atoms with Crippen LogP contribution in [0.2, 0.25) is 0 Å². The predicted octanol–water partition coefficient (Wildman–Crippen LogP) is 2.88. The molecule has 0 aliphatic rings. The number of ether oxygens (including phenoxy) is 1. The molecule has 0 atom stereocenters. The maximum atomic E-state index is 12.2. The lowest BCUT2D eigenvalue weighted by Gasteiger charge is -2.11. The Labute approximate surface area is 147 Å². The number of carbonyl (C=O) groups is 2. The first-order valence-corrected chi connectivity index (χ1v) is 7.94. The molecule has 5 nitrogen and oxygen atoms in total. The predicted molar refractivity (Wildman–Crippen MR) is 97.8 cm³/mol. The highest BCUT2D eigenvalue weighted by molar-refractivity contribution is 5.94. The van der Waals surface area contributed by atoms with Crippen molar-refractivity contribution in [3.8, 4) is 5.75 Å². The molecular weight excluding hydrogens is 316 g/mol. The van der Waals surface area contributed by atoms with Gasteiger partial charge in [0.15, 0.2) is 0 Å². The molecule has 0 unspecified atom stereocenters. The van der Waals surface area contributed by atoms with Crippen LogP contribution < -0.4 is 10.1 Å². The Hall–Kier alpha value is -3.08. The standard InChI is InChI=1S/C20H22N2O3/c1-4-13-25-18-11-9-16(10-12-18)19(23)21-14-15-5-7-17(8-6-15)20(24)22(2)3/h4-12H,1,13-14H2,2-3H3,(H,21,23). The number of nitrogens with zero attached hydrogens (tertiary/aromatic N) is 1. The van der Waals surface area contributed by atoms with Gasteiger partial charge in [-0.2, -0.15) is 0 Å². The van der Waals surface area contributed by atoms with Crippen molar-refractivity contribution < 1.29 is 14.3 Å². The summed E-state index contributed by atoms with van der Waals surface area (Å²) in [5, 5.41) is 2.86. The quantitative estimate of drug-likeness (QED) is 0.790. The van der Waals surface area contributed by atoms with Gasteiger partial charge in [-0.1, -0.05) is 24.8 Å². The van der Waals surface area contributed by atoms with E-state index in [1.807, 2.05) is 12.1 Å². The maximum Gasteiger partial charge on any atom is 0.253 e. The zero-order valence-corrected chi connectivity index (χ0v) is 14.5. The third-order valence-corrected chi connectivity index (χ3v) is 3.54. The summed E-state index contributed by atoms with van der Waals surface area (Å²) >= 11 is 0. The molecule has 25 heavy (non-hydrogen) atoms. The molecule has 2 aromatic carbocycles. The largest absolute Gasteiger partial charge is 0.490 e. The number of carbonyl (C=O) groups excluding carboxylic acids is 2. The minimum absolute atomic E-state index is 0.0469. The van der Waals surface area contributed by atoms with Crippen molar-refractivity contribution in [3.63, 3.8) is 0 Å². The van der Waals surface area contributed by atoms with Crippen molar-refractivity contribution in [2.24, 2.45) is 0 Å². The first kappa shape index (κ1) is 18.3. The van der Waals surface area contributed by atoms with Gasteiger partial charge in [-0.3, -0.25) is 9.59 Å². The molecule has 0 aliphatic carbocycles. The van der Waals surface area contributed by atoms with Crippen LogP contribution in [0.4, 0.5) is 0 Å². The summed E-state index contributed by atoms with van der Waals surface area (Å²) in [7, 11) is 3.42. The Balaban J connectivity index is 1.91. The zero-order valence-electron chi connectivity index (χ0n) is 14.5. The van der Waals surface area contributed by atoms with Crippen LogP contribution in [0, 0.1) is 0 Å². The number of rotatable bonds is 7. The Bertz CT molecular complexity index is 735. The average Bonchev–Trinajstić information content (AvgIpc) is 2.64. The van der Waals surface area contributed by atoms with Crippen LogP contribution >= 0.6 is 0 Å². The van der Waals surface area contributed by atoms with Crippen molar-refractivity contribution in [1.82, 2.24) is 10.2 Å². The van der Waals surface area contributed by atoms with E-state index in [-0.39, 0.29) is 11.8 Å². The molecule has 0 bridgehead atoms. The Morgan fingerprint density at radius 2 is 1.64 bits per heavy atom. The molecule has 0 heterocycles. The number of nitrogens with one attached hydrogen (secondary N) is 1. The fraction of sp³-hybridized carbons (Fsp3) is 0.200. The number of hydrogen-bond donors (Lipinski definition) is 1. The van der Waals surface area contributed by atoms with E-state index in [4.69, 9.17) is 4.74 Å². The van der Waals surface area contributed by atoms with Crippen LogP contribution in [0.15, 0.2) is 61.2 Å². The third-order valence-electron chi connectivity index (χ3n) is 3.54. The Morgan fingerprint density at radius 3 is 2.20 bits per heavy atom. The van der Waals surface area contributed by atoms with Crippen molar-refractivity contribution in [3.05, 3.63) is 77.9 Å². The van der Waals surface area contributed by atoms with Gasteiger partial charge < -0.3 is 15.0 Å². The second kappa shape index (κ2) is 8.68. The van der Waals surface area contributed by atoms with Crippen molar-refractivity contribution in [2.45, 2.75) is 6.54 Å². The molecule has 5 heteroatoms. The van der Waals surface area contributed by atoms with Crippen molar-refractivity contribution in [2.75, 3.05) is 20.7 Å². The number of hydrogen-bond acceptors (Lipinski definition) is 3. The molecule has 0 aromatic heterocycles. The van der Waals surface area contributed by atoms with E-state index in [1.54, 1.807) is 56.6 Å². The Kier molecular flexibility index (Phi) is 6.34. The second-order valence-electron chi connectivity index (χ2n) is 5.70. The molecule has 2 amide bonds. The molecule has 2 aromatic rings. The normalized spacial score (nSPS) is 10.0. The minimum atomic E-state index is -0.163. The van der Waals surface area contributed by atoms with E-state index in [0.29, 0.717) is 30.0 Å². The van der Waals surface area contributed by atoms with E-state index in [9.17, 15) is 9.59 Å². The first-order chi connectivity index (χ1) is 12.0. The molecule has 2 rings (SSSR count). The molecule has 0 saturated heterocycles. The first-order valence-electron chi connectivity index (χ1n) is 7.94. The summed E-state index contributed by atoms with van der Waals surface area (Å²) in [6.07, 6.45) is 1.66. The number of benzene rings is 2. The smallest absolute Gasteiger partial charge is 0.253 e. The van der Waals surface area contributed by atoms with Gasteiger partial charge in [0, 0.05) is 31.8 Å². The third kappa shape index (κ3) is 5.21. The molecule has 0 saturated carbocycles. The van der Waals surface area contributed by atoms with Gasteiger partial charge in [0.1, 0.15) is 12.4 Å². The van der Waals surface area contributed by atoms with Gasteiger partial charge >= 0.3 is 0 Å². The fourth-order valence-corrected chi connectivity index (χ4v) is 2.17. The second-order valence-corrected chi connectivity index (χ2v) is 5.70. The summed E-state index contributed by atoms with van der Waals surface area (Å²) in [6, 6.07) is 14.1. The van der Waals surface area contributed by atoms with Gasteiger partial charge in [-0.05, 0) is 42.0 Å². The van der Waals surface area contributed by atoms with E-state index >= 15 is 0 Å². The highest BCUT2D eigenvalue weighted by atomic mass is 16.5.